The van der Waals surface area contributed by atoms with Crippen LogP contribution in [0.15, 0.2) is 29.4 Å². The van der Waals surface area contributed by atoms with Crippen LogP contribution in [0.25, 0.3) is 5.69 Å². The predicted molar refractivity (Wildman–Crippen MR) is 92.0 cm³/mol. The molecule has 8 heteroatoms. The summed E-state index contributed by atoms with van der Waals surface area (Å²) in [6.45, 7) is 7.88. The molecule has 1 atom stereocenters. The van der Waals surface area contributed by atoms with E-state index in [4.69, 9.17) is 11.6 Å². The van der Waals surface area contributed by atoms with E-state index in [9.17, 15) is 4.79 Å². The molecule has 0 aliphatic rings. The number of hydrogen-bond acceptors (Lipinski definition) is 5. The first-order chi connectivity index (χ1) is 10.8. The molecule has 23 heavy (non-hydrogen) atoms. The molecule has 0 aliphatic heterocycles. The Labute approximate surface area is 145 Å². The van der Waals surface area contributed by atoms with Crippen LogP contribution in [0.2, 0.25) is 5.02 Å². The van der Waals surface area contributed by atoms with Gasteiger partial charge in [0.1, 0.15) is 0 Å². The fraction of sp³-hybridized carbons (Fsp3) is 0.467. The maximum atomic E-state index is 12.3. The highest BCUT2D eigenvalue weighted by atomic mass is 35.5. The lowest BCUT2D eigenvalue weighted by Gasteiger charge is -2.26. The Hall–Kier alpha value is -1.60. The number of rotatable bonds is 6. The van der Waals surface area contributed by atoms with Crippen LogP contribution in [0.5, 0.6) is 0 Å². The second kappa shape index (κ2) is 7.31. The van der Waals surface area contributed by atoms with Crippen LogP contribution in [0, 0.1) is 0 Å². The molecule has 0 saturated carbocycles. The van der Waals surface area contributed by atoms with Gasteiger partial charge >= 0.3 is 0 Å². The Balaban J connectivity index is 2.11. The second-order valence-corrected chi connectivity index (χ2v) is 7.58. The van der Waals surface area contributed by atoms with Crippen LogP contribution in [0.4, 0.5) is 0 Å². The van der Waals surface area contributed by atoms with Crippen LogP contribution in [-0.4, -0.2) is 36.9 Å². The Morgan fingerprint density at radius 2 is 2.04 bits per heavy atom. The highest BCUT2D eigenvalue weighted by Gasteiger charge is 2.24. The molecule has 1 heterocycles. The number of carbonyl (C=O) groups is 1. The number of nitrogens with zero attached hydrogens (tertiary/aromatic N) is 4. The van der Waals surface area contributed by atoms with E-state index in [1.54, 1.807) is 16.8 Å². The van der Waals surface area contributed by atoms with Gasteiger partial charge in [-0.1, -0.05) is 30.3 Å². The zero-order valence-corrected chi connectivity index (χ0v) is 15.1. The van der Waals surface area contributed by atoms with Gasteiger partial charge in [-0.25, -0.2) is 0 Å². The molecule has 0 radical (unpaired) electrons. The number of tetrazole rings is 1. The van der Waals surface area contributed by atoms with Gasteiger partial charge in [-0.15, -0.1) is 5.10 Å². The van der Waals surface area contributed by atoms with Gasteiger partial charge in [0.15, 0.2) is 0 Å². The first kappa shape index (κ1) is 17.7. The average Bonchev–Trinajstić information content (AvgIpc) is 2.95. The summed E-state index contributed by atoms with van der Waals surface area (Å²) >= 11 is 7.21. The van der Waals surface area contributed by atoms with Crippen LogP contribution in [0.3, 0.4) is 0 Å². The molecular formula is C15H20ClN5OS. The zero-order chi connectivity index (χ0) is 17.0. The Morgan fingerprint density at radius 3 is 2.65 bits per heavy atom. The van der Waals surface area contributed by atoms with Gasteiger partial charge in [-0.3, -0.25) is 4.79 Å². The lowest BCUT2D eigenvalue weighted by atomic mass is 10.0. The van der Waals surface area contributed by atoms with Crippen molar-refractivity contribution in [1.82, 2.24) is 25.5 Å². The molecule has 0 spiro atoms. The smallest absolute Gasteiger partial charge is 0.233 e. The van der Waals surface area contributed by atoms with E-state index >= 15 is 0 Å². The fourth-order valence-electron chi connectivity index (χ4n) is 1.73. The van der Waals surface area contributed by atoms with Crippen LogP contribution in [0.1, 0.15) is 34.1 Å². The number of thioether (sulfide) groups is 1. The van der Waals surface area contributed by atoms with Gasteiger partial charge in [0, 0.05) is 10.6 Å². The van der Waals surface area contributed by atoms with Gasteiger partial charge in [-0.05, 0) is 61.9 Å². The molecule has 1 aromatic carbocycles. The van der Waals surface area contributed by atoms with E-state index in [1.165, 1.54) is 11.8 Å². The van der Waals surface area contributed by atoms with E-state index in [2.05, 4.69) is 20.8 Å². The number of nitrogens with one attached hydrogen (secondary N) is 1. The average molecular weight is 354 g/mol. The van der Waals surface area contributed by atoms with E-state index in [0.717, 1.165) is 12.1 Å². The molecule has 0 bridgehead atoms. The topological polar surface area (TPSA) is 72.7 Å². The van der Waals surface area contributed by atoms with Crippen molar-refractivity contribution in [3.8, 4) is 5.69 Å². The van der Waals surface area contributed by atoms with Crippen molar-refractivity contribution in [2.45, 2.75) is 50.1 Å². The largest absolute Gasteiger partial charge is 0.350 e. The van der Waals surface area contributed by atoms with Crippen molar-refractivity contribution in [2.75, 3.05) is 0 Å². The predicted octanol–water partition coefficient (Wildman–Crippen LogP) is 3.10. The van der Waals surface area contributed by atoms with Crippen LogP contribution < -0.4 is 5.32 Å². The molecule has 0 aliphatic carbocycles. The first-order valence-corrected chi connectivity index (χ1v) is 8.61. The quantitative estimate of drug-likeness (QED) is 0.808. The van der Waals surface area contributed by atoms with Crippen molar-refractivity contribution in [3.63, 3.8) is 0 Å². The van der Waals surface area contributed by atoms with E-state index in [1.807, 2.05) is 39.8 Å². The SMILES string of the molecule is CCC(C)(C)NC(=O)C(C)Sc1nnnn1-c1ccc(Cl)cc1. The minimum Gasteiger partial charge on any atom is -0.350 e. The lowest BCUT2D eigenvalue weighted by Crippen LogP contribution is -2.46. The van der Waals surface area contributed by atoms with Crippen LogP contribution >= 0.6 is 23.4 Å². The standard InChI is InChI=1S/C15H20ClN5OS/c1-5-15(3,4)17-13(22)10(2)23-14-18-19-20-21(14)12-8-6-11(16)7-9-12/h6-10H,5H2,1-4H3,(H,17,22). The van der Waals surface area contributed by atoms with Crippen molar-refractivity contribution < 1.29 is 4.79 Å². The fourth-order valence-corrected chi connectivity index (χ4v) is 2.67. The first-order valence-electron chi connectivity index (χ1n) is 7.35. The third kappa shape index (κ3) is 4.68. The number of benzene rings is 1. The molecule has 124 valence electrons. The molecule has 2 aromatic rings. The lowest BCUT2D eigenvalue weighted by molar-refractivity contribution is -0.121. The van der Waals surface area contributed by atoms with Crippen molar-refractivity contribution in [1.29, 1.82) is 0 Å². The van der Waals surface area contributed by atoms with Gasteiger partial charge < -0.3 is 5.32 Å². The minimum atomic E-state index is -0.308. The Bertz CT molecular complexity index is 671. The summed E-state index contributed by atoms with van der Waals surface area (Å²) in [5.41, 5.74) is 0.567. The number of aromatic nitrogens is 4. The van der Waals surface area contributed by atoms with E-state index in [-0.39, 0.29) is 16.7 Å². The summed E-state index contributed by atoms with van der Waals surface area (Å²) in [5.74, 6) is -0.0347. The third-order valence-electron chi connectivity index (χ3n) is 3.51. The number of halogens is 1. The molecular weight excluding hydrogens is 334 g/mol. The highest BCUT2D eigenvalue weighted by molar-refractivity contribution is 8.00. The second-order valence-electron chi connectivity index (χ2n) is 5.84. The molecule has 2 rings (SSSR count). The molecule has 0 fully saturated rings. The monoisotopic (exact) mass is 353 g/mol. The summed E-state index contributed by atoms with van der Waals surface area (Å²) < 4.78 is 1.59. The maximum absolute atomic E-state index is 12.3. The van der Waals surface area contributed by atoms with Crippen LogP contribution in [-0.2, 0) is 4.79 Å². The van der Waals surface area contributed by atoms with E-state index in [0.29, 0.717) is 10.2 Å². The summed E-state index contributed by atoms with van der Waals surface area (Å²) in [6, 6.07) is 7.20. The third-order valence-corrected chi connectivity index (χ3v) is 4.79. The summed E-state index contributed by atoms with van der Waals surface area (Å²) in [5, 5.41) is 15.6. The highest BCUT2D eigenvalue weighted by Crippen LogP contribution is 2.24. The Kier molecular flexibility index (Phi) is 5.64. The molecule has 1 aromatic heterocycles. The molecule has 6 nitrogen and oxygen atoms in total. The van der Waals surface area contributed by atoms with Gasteiger partial charge in [-0.2, -0.15) is 4.68 Å². The van der Waals surface area contributed by atoms with Crippen molar-refractivity contribution in [2.24, 2.45) is 0 Å². The number of amides is 1. The van der Waals surface area contributed by atoms with Crippen molar-refractivity contribution in [3.05, 3.63) is 29.3 Å². The summed E-state index contributed by atoms with van der Waals surface area (Å²) in [7, 11) is 0. The minimum absolute atomic E-state index is 0.0347. The summed E-state index contributed by atoms with van der Waals surface area (Å²) in [4.78, 5) is 12.3. The zero-order valence-electron chi connectivity index (χ0n) is 13.6. The molecule has 1 N–H and O–H groups in total. The van der Waals surface area contributed by atoms with Crippen molar-refractivity contribution >= 4 is 29.3 Å². The van der Waals surface area contributed by atoms with E-state index < -0.39 is 0 Å². The van der Waals surface area contributed by atoms with Gasteiger partial charge in [0.05, 0.1) is 10.9 Å². The number of carbonyl (C=O) groups excluding carboxylic acids is 1. The van der Waals surface area contributed by atoms with Gasteiger partial charge in [0.2, 0.25) is 11.1 Å². The molecule has 1 unspecified atom stereocenters. The normalized spacial score (nSPS) is 12.9. The molecule has 1 amide bonds. The summed E-state index contributed by atoms with van der Waals surface area (Å²) in [6.07, 6.45) is 0.860. The number of hydrogen-bond donors (Lipinski definition) is 1. The Morgan fingerprint density at radius 1 is 1.39 bits per heavy atom. The van der Waals surface area contributed by atoms with Gasteiger partial charge in [0.25, 0.3) is 0 Å². The maximum Gasteiger partial charge on any atom is 0.233 e. The molecule has 0 saturated heterocycles.